The van der Waals surface area contributed by atoms with Crippen LogP contribution in [-0.2, 0) is 0 Å². The Kier molecular flexibility index (Phi) is 10.8. The number of hydrogen-bond acceptors (Lipinski definition) is 1. The molecule has 0 bridgehead atoms. The Labute approximate surface area is 389 Å². The van der Waals surface area contributed by atoms with Gasteiger partial charge in [-0.05, 0) is 211 Å². The zero-order valence-corrected chi connectivity index (χ0v) is 39.3. The molecule has 0 radical (unpaired) electrons. The smallest absolute Gasteiger partial charge is 0.0541 e. The van der Waals surface area contributed by atoms with Crippen LogP contribution < -0.4 is 4.90 Å². The third-order valence-electron chi connectivity index (χ3n) is 13.4. The Morgan fingerprint density at radius 1 is 0.323 bits per heavy atom. The summed E-state index contributed by atoms with van der Waals surface area (Å²) in [4.78, 5) is 2.37. The third kappa shape index (κ3) is 7.52. The maximum Gasteiger partial charge on any atom is 0.0541 e. The number of aromatic nitrogens is 1. The Balaban J connectivity index is 1.22. The molecule has 0 atom stereocenters. The number of benzene rings is 9. The van der Waals surface area contributed by atoms with Crippen molar-refractivity contribution in [3.63, 3.8) is 0 Å². The van der Waals surface area contributed by atoms with Gasteiger partial charge >= 0.3 is 0 Å². The maximum atomic E-state index is 7.37. The number of rotatable bonds is 8. The van der Waals surface area contributed by atoms with Crippen molar-refractivity contribution in [2.45, 2.75) is 55.4 Å². The number of hydrogen-bond donors (Lipinski definition) is 0. The van der Waals surface area contributed by atoms with E-state index in [-0.39, 0.29) is 0 Å². The Morgan fingerprint density at radius 3 is 1.03 bits per heavy atom. The van der Waals surface area contributed by atoms with Crippen molar-refractivity contribution in [1.82, 2.24) is 4.57 Å². The minimum atomic E-state index is 0.661. The molecular weight excluding hydrogens is 808 g/mol. The molecule has 0 N–H and O–H groups in total. The van der Waals surface area contributed by atoms with E-state index in [0.717, 1.165) is 33.8 Å². The fourth-order valence-electron chi connectivity index (χ4n) is 10.6. The van der Waals surface area contributed by atoms with Gasteiger partial charge in [-0.2, -0.15) is 0 Å². The van der Waals surface area contributed by atoms with Crippen molar-refractivity contribution < 1.29 is 0 Å². The molecule has 0 unspecified atom stereocenters. The zero-order chi connectivity index (χ0) is 45.1. The van der Waals surface area contributed by atoms with Crippen LogP contribution in [0.4, 0.5) is 17.1 Å². The van der Waals surface area contributed by atoms with Crippen molar-refractivity contribution in [1.29, 1.82) is 0 Å². The van der Waals surface area contributed by atoms with Crippen LogP contribution >= 0.6 is 11.6 Å². The largest absolute Gasteiger partial charge is 0.310 e. The summed E-state index contributed by atoms with van der Waals surface area (Å²) in [7, 11) is 0. The average Bonchev–Trinajstić information content (AvgIpc) is 3.60. The van der Waals surface area contributed by atoms with Crippen LogP contribution in [0.1, 0.15) is 44.5 Å². The predicted octanol–water partition coefficient (Wildman–Crippen LogP) is 18.0. The molecule has 10 rings (SSSR count). The Morgan fingerprint density at radius 2 is 0.662 bits per heavy atom. The summed E-state index contributed by atoms with van der Waals surface area (Å²) >= 11 is 7.37. The lowest BCUT2D eigenvalue weighted by Gasteiger charge is -2.28. The summed E-state index contributed by atoms with van der Waals surface area (Å²) in [5.41, 5.74) is 26.3. The molecule has 2 nitrogen and oxygen atoms in total. The van der Waals surface area contributed by atoms with Gasteiger partial charge in [0.2, 0.25) is 0 Å². The van der Waals surface area contributed by atoms with Gasteiger partial charge in [-0.1, -0.05) is 121 Å². The lowest BCUT2D eigenvalue weighted by molar-refractivity contribution is 1.17. The molecule has 0 saturated heterocycles. The van der Waals surface area contributed by atoms with Crippen molar-refractivity contribution >= 4 is 50.5 Å². The van der Waals surface area contributed by atoms with E-state index in [9.17, 15) is 0 Å². The highest BCUT2D eigenvalue weighted by atomic mass is 35.5. The van der Waals surface area contributed by atoms with Gasteiger partial charge in [0.15, 0.2) is 0 Å². The normalized spacial score (nSPS) is 11.5. The summed E-state index contributed by atoms with van der Waals surface area (Å²) < 4.78 is 2.40. The fourth-order valence-corrected chi connectivity index (χ4v) is 10.8. The molecule has 1 heterocycles. The van der Waals surface area contributed by atoms with Crippen molar-refractivity contribution in [2.24, 2.45) is 0 Å². The molecule has 0 fully saturated rings. The number of aryl methyl sites for hydroxylation is 8. The van der Waals surface area contributed by atoms with Gasteiger partial charge in [0, 0.05) is 38.5 Å². The van der Waals surface area contributed by atoms with Crippen LogP contribution in [0.25, 0.3) is 72.0 Å². The van der Waals surface area contributed by atoms with Crippen LogP contribution in [0.15, 0.2) is 176 Å². The van der Waals surface area contributed by atoms with Crippen LogP contribution in [0.3, 0.4) is 0 Å². The molecule has 3 heteroatoms. The first kappa shape index (κ1) is 41.9. The highest BCUT2D eigenvalue weighted by Crippen LogP contribution is 2.44. The lowest BCUT2D eigenvalue weighted by Crippen LogP contribution is -2.11. The van der Waals surface area contributed by atoms with Crippen LogP contribution in [0.5, 0.6) is 0 Å². The van der Waals surface area contributed by atoms with Gasteiger partial charge in [0.25, 0.3) is 0 Å². The molecule has 0 aliphatic carbocycles. The van der Waals surface area contributed by atoms with E-state index < -0.39 is 0 Å². The molecular formula is C62H53ClN2. The molecule has 10 aromatic rings. The van der Waals surface area contributed by atoms with Crippen LogP contribution in [0.2, 0.25) is 5.02 Å². The van der Waals surface area contributed by atoms with Gasteiger partial charge in [0.05, 0.1) is 11.0 Å². The number of fused-ring (bicyclic) bond motifs is 3. The van der Waals surface area contributed by atoms with E-state index in [1.54, 1.807) is 0 Å². The van der Waals surface area contributed by atoms with E-state index in [2.05, 4.69) is 241 Å². The molecule has 0 saturated carbocycles. The van der Waals surface area contributed by atoms with Crippen molar-refractivity contribution in [3.05, 3.63) is 225 Å². The Hall–Kier alpha value is -7.13. The summed E-state index contributed by atoms with van der Waals surface area (Å²) in [6.07, 6.45) is 0. The summed E-state index contributed by atoms with van der Waals surface area (Å²) in [5, 5.41) is 3.07. The molecule has 0 spiro atoms. The molecule has 0 amide bonds. The topological polar surface area (TPSA) is 8.17 Å². The first-order valence-corrected chi connectivity index (χ1v) is 23.0. The molecule has 0 aliphatic rings. The average molecular weight is 862 g/mol. The van der Waals surface area contributed by atoms with Gasteiger partial charge in [0.1, 0.15) is 0 Å². The van der Waals surface area contributed by atoms with E-state index in [0.29, 0.717) is 5.02 Å². The van der Waals surface area contributed by atoms with Gasteiger partial charge < -0.3 is 9.47 Å². The first-order chi connectivity index (χ1) is 31.4. The van der Waals surface area contributed by atoms with Gasteiger partial charge in [-0.15, -0.1) is 0 Å². The second kappa shape index (κ2) is 16.8. The van der Waals surface area contributed by atoms with Gasteiger partial charge in [-0.25, -0.2) is 0 Å². The predicted molar refractivity (Wildman–Crippen MR) is 280 cm³/mol. The quantitative estimate of drug-likeness (QED) is 0.148. The van der Waals surface area contributed by atoms with Crippen molar-refractivity contribution in [3.8, 4) is 50.2 Å². The third-order valence-corrected chi connectivity index (χ3v) is 13.7. The molecule has 65 heavy (non-hydrogen) atoms. The van der Waals surface area contributed by atoms with Crippen LogP contribution in [0, 0.1) is 55.4 Å². The monoisotopic (exact) mass is 860 g/mol. The minimum absolute atomic E-state index is 0.661. The highest BCUT2D eigenvalue weighted by Gasteiger charge is 2.21. The van der Waals surface area contributed by atoms with E-state index in [1.165, 1.54) is 99.8 Å². The Bertz CT molecular complexity index is 3210. The summed E-state index contributed by atoms with van der Waals surface area (Å²) in [5.74, 6) is 0. The number of nitrogens with zero attached hydrogens (tertiary/aromatic N) is 2. The van der Waals surface area contributed by atoms with Crippen molar-refractivity contribution in [2.75, 3.05) is 4.90 Å². The minimum Gasteiger partial charge on any atom is -0.310 e. The summed E-state index contributed by atoms with van der Waals surface area (Å²) in [6.45, 7) is 17.7. The summed E-state index contributed by atoms with van der Waals surface area (Å²) in [6, 6.07) is 64.6. The van der Waals surface area contributed by atoms with E-state index >= 15 is 0 Å². The molecule has 1 aromatic heterocycles. The van der Waals surface area contributed by atoms with E-state index in [4.69, 9.17) is 11.6 Å². The first-order valence-electron chi connectivity index (χ1n) is 22.6. The fraction of sp³-hybridized carbons (Fsp3) is 0.129. The standard InChI is InChI=1S/C62H53ClN2/c1-38-15-9-16-39(2)59(38)46-23-13-25-51(31-46)64(52-26-14-24-47(32-52)60-40(3)17-10-18-41(60)4)53-35-50(63)36-54(37-53)65-57-29-27-48(61-42(5)19-11-20-43(61)6)33-55(57)56-34-49(28-30-58(56)65)62-44(7)21-12-22-45(62)8/h9-37H,1-8H3. The lowest BCUT2D eigenvalue weighted by atomic mass is 9.93. The van der Waals surface area contributed by atoms with Gasteiger partial charge in [-0.3, -0.25) is 0 Å². The second-order valence-corrected chi connectivity index (χ2v) is 18.4. The second-order valence-electron chi connectivity index (χ2n) is 18.0. The molecule has 0 aliphatic heterocycles. The van der Waals surface area contributed by atoms with E-state index in [1.807, 2.05) is 0 Å². The SMILES string of the molecule is Cc1cccc(C)c1-c1cccc(N(c2cccc(-c3c(C)cccc3C)c2)c2cc(Cl)cc(-n3c4ccc(-c5c(C)cccc5C)cc4c4cc(-c5c(C)cccc5C)ccc43)c2)c1. The maximum absolute atomic E-state index is 7.37. The highest BCUT2D eigenvalue weighted by molar-refractivity contribution is 6.31. The number of halogens is 1. The number of anilines is 3. The molecule has 318 valence electrons. The van der Waals surface area contributed by atoms with Crippen LogP contribution in [-0.4, -0.2) is 4.57 Å². The zero-order valence-electron chi connectivity index (χ0n) is 38.5. The molecule has 9 aromatic carbocycles.